The maximum Gasteiger partial charge on any atom is 0.234 e. The lowest BCUT2D eigenvalue weighted by atomic mass is 10.0. The summed E-state index contributed by atoms with van der Waals surface area (Å²) < 4.78 is 0. The zero-order valence-electron chi connectivity index (χ0n) is 19.2. The van der Waals surface area contributed by atoms with Crippen molar-refractivity contribution in [1.82, 2.24) is 29.9 Å². The summed E-state index contributed by atoms with van der Waals surface area (Å²) in [5.41, 5.74) is 3.12. The molecule has 0 bridgehead atoms. The van der Waals surface area contributed by atoms with E-state index in [1.165, 1.54) is 0 Å². The van der Waals surface area contributed by atoms with Crippen LogP contribution in [0.1, 0.15) is 23.0 Å². The van der Waals surface area contributed by atoms with Crippen molar-refractivity contribution < 1.29 is 0 Å². The van der Waals surface area contributed by atoms with E-state index in [0.29, 0.717) is 11.4 Å². The molecule has 0 saturated heterocycles. The molecule has 0 saturated carbocycles. The lowest BCUT2D eigenvalue weighted by Gasteiger charge is -2.14. The van der Waals surface area contributed by atoms with Gasteiger partial charge in [0.2, 0.25) is 11.6 Å². The summed E-state index contributed by atoms with van der Waals surface area (Å²) in [6.45, 7) is 0. The van der Waals surface area contributed by atoms with Crippen LogP contribution in [-0.2, 0) is 0 Å². The van der Waals surface area contributed by atoms with Crippen LogP contribution in [0.3, 0.4) is 0 Å². The van der Waals surface area contributed by atoms with Gasteiger partial charge in [-0.3, -0.25) is 0 Å². The molecule has 0 unspecified atom stereocenters. The summed E-state index contributed by atoms with van der Waals surface area (Å²) in [6.07, 6.45) is 0. The van der Waals surface area contributed by atoms with Gasteiger partial charge in [-0.25, -0.2) is 29.9 Å². The van der Waals surface area contributed by atoms with Gasteiger partial charge >= 0.3 is 0 Å². The fourth-order valence-corrected chi connectivity index (χ4v) is 4.35. The minimum atomic E-state index is -0.262. The van der Waals surface area contributed by atoms with Gasteiger partial charge < -0.3 is 0 Å². The molecule has 0 aliphatic rings. The summed E-state index contributed by atoms with van der Waals surface area (Å²) in [5.74, 6) is -0.523. The van der Waals surface area contributed by atoms with Gasteiger partial charge in [0.05, 0.1) is 22.2 Å². The van der Waals surface area contributed by atoms with Crippen LogP contribution in [0.5, 0.6) is 0 Å². The molecule has 3 heterocycles. The van der Waals surface area contributed by atoms with E-state index in [0.717, 1.165) is 11.1 Å². The average molecular weight is 486 g/mol. The van der Waals surface area contributed by atoms with E-state index in [4.69, 9.17) is 9.97 Å². The number of hydrogen-bond donors (Lipinski definition) is 0. The molecule has 0 radical (unpaired) electrons. The highest BCUT2D eigenvalue weighted by molar-refractivity contribution is 6.23. The summed E-state index contributed by atoms with van der Waals surface area (Å²) in [7, 11) is 0. The maximum absolute atomic E-state index is 9.97. The van der Waals surface area contributed by atoms with Gasteiger partial charge in [0.25, 0.3) is 0 Å². The Morgan fingerprint density at radius 1 is 0.421 bits per heavy atom. The van der Waals surface area contributed by atoms with Gasteiger partial charge in [-0.15, -0.1) is 0 Å². The van der Waals surface area contributed by atoms with Crippen molar-refractivity contribution in [2.24, 2.45) is 0 Å². The average Bonchev–Trinajstić information content (AvgIpc) is 2.99. The minimum absolute atomic E-state index is 0.102. The Balaban J connectivity index is 1.94. The second-order valence-electron chi connectivity index (χ2n) is 8.04. The van der Waals surface area contributed by atoms with Gasteiger partial charge in [0.15, 0.2) is 11.4 Å². The molecule has 10 nitrogen and oxygen atoms in total. The number of nitriles is 4. The highest BCUT2D eigenvalue weighted by Crippen LogP contribution is 2.38. The van der Waals surface area contributed by atoms with Crippen molar-refractivity contribution in [3.8, 4) is 46.8 Å². The summed E-state index contributed by atoms with van der Waals surface area (Å²) in [4.78, 5) is 26.8. The normalized spacial score (nSPS) is 10.5. The smallest absolute Gasteiger partial charge is 0.234 e. The lowest BCUT2D eigenvalue weighted by Crippen LogP contribution is -2.05. The summed E-state index contributed by atoms with van der Waals surface area (Å²) in [5, 5.41) is 39.4. The van der Waals surface area contributed by atoms with Crippen molar-refractivity contribution in [3.05, 3.63) is 83.7 Å². The van der Waals surface area contributed by atoms with Crippen LogP contribution >= 0.6 is 0 Å². The van der Waals surface area contributed by atoms with Crippen molar-refractivity contribution >= 4 is 32.8 Å². The largest absolute Gasteiger partial charge is 0.243 e. The van der Waals surface area contributed by atoms with Crippen LogP contribution in [0, 0.1) is 45.3 Å². The van der Waals surface area contributed by atoms with E-state index < -0.39 is 0 Å². The number of benzene rings is 3. The number of hydrogen-bond acceptors (Lipinski definition) is 10. The molecule has 0 atom stereocenters. The lowest BCUT2D eigenvalue weighted by molar-refractivity contribution is 1.12. The first-order valence-electron chi connectivity index (χ1n) is 11.1. The Labute approximate surface area is 214 Å². The van der Waals surface area contributed by atoms with E-state index in [1.807, 2.05) is 84.9 Å². The van der Waals surface area contributed by atoms with Crippen LogP contribution < -0.4 is 0 Å². The molecule has 38 heavy (non-hydrogen) atoms. The van der Waals surface area contributed by atoms with Crippen molar-refractivity contribution in [2.45, 2.75) is 0 Å². The van der Waals surface area contributed by atoms with Crippen LogP contribution in [-0.4, -0.2) is 29.9 Å². The van der Waals surface area contributed by atoms with Crippen LogP contribution in [0.15, 0.2) is 60.7 Å². The van der Waals surface area contributed by atoms with Crippen LogP contribution in [0.25, 0.3) is 55.4 Å². The van der Waals surface area contributed by atoms with Gasteiger partial charge in [-0.05, 0) is 0 Å². The van der Waals surface area contributed by atoms with E-state index in [-0.39, 0.29) is 55.9 Å². The number of fused-ring (bicyclic) bond motifs is 6. The zero-order chi connectivity index (χ0) is 26.2. The molecule has 6 aromatic rings. The number of nitrogens with zero attached hydrogens (tertiary/aromatic N) is 10. The molecule has 3 aromatic carbocycles. The Bertz CT molecular complexity index is 1960. The molecule has 172 valence electrons. The van der Waals surface area contributed by atoms with Gasteiger partial charge in [0, 0.05) is 11.1 Å². The molecule has 3 aromatic heterocycles. The third-order valence-corrected chi connectivity index (χ3v) is 5.92. The number of aromatic nitrogens is 6. The first-order chi connectivity index (χ1) is 18.7. The van der Waals surface area contributed by atoms with Crippen molar-refractivity contribution in [3.63, 3.8) is 0 Å². The Morgan fingerprint density at radius 3 is 1.13 bits per heavy atom. The molecule has 6 rings (SSSR count). The van der Waals surface area contributed by atoms with Crippen LogP contribution in [0.4, 0.5) is 0 Å². The second kappa shape index (κ2) is 8.70. The summed E-state index contributed by atoms with van der Waals surface area (Å²) >= 11 is 0. The molecule has 0 aliphatic carbocycles. The second-order valence-corrected chi connectivity index (χ2v) is 8.04. The third kappa shape index (κ3) is 3.31. The minimum Gasteiger partial charge on any atom is -0.243 e. The SMILES string of the molecule is N#Cc1nc(C#N)c2c(n1)c1nc(C#N)nc(C#N)c1c1nc(-c3ccccc3)c(-c3ccccc3)nc12. The highest BCUT2D eigenvalue weighted by atomic mass is 15.0. The van der Waals surface area contributed by atoms with E-state index in [1.54, 1.807) is 0 Å². The first-order valence-corrected chi connectivity index (χ1v) is 11.1. The molecule has 10 heteroatoms. The predicted molar refractivity (Wildman–Crippen MR) is 135 cm³/mol. The topological polar surface area (TPSA) is 172 Å². The molecular formula is C28H10N10. The highest BCUT2D eigenvalue weighted by Gasteiger charge is 2.24. The monoisotopic (exact) mass is 486 g/mol. The first kappa shape index (κ1) is 22.1. The quantitative estimate of drug-likeness (QED) is 0.320. The molecular weight excluding hydrogens is 476 g/mol. The van der Waals surface area contributed by atoms with Crippen molar-refractivity contribution in [1.29, 1.82) is 21.0 Å². The zero-order valence-corrected chi connectivity index (χ0v) is 19.2. The number of rotatable bonds is 2. The Kier molecular flexibility index (Phi) is 5.06. The predicted octanol–water partition coefficient (Wildman–Crippen LogP) is 4.34. The molecule has 0 aliphatic heterocycles. The maximum atomic E-state index is 9.97. The van der Waals surface area contributed by atoms with E-state index in [2.05, 4.69) is 19.9 Å². The molecule has 0 fully saturated rings. The Hall–Kier alpha value is -6.36. The van der Waals surface area contributed by atoms with E-state index >= 15 is 0 Å². The molecule has 0 spiro atoms. The van der Waals surface area contributed by atoms with Crippen molar-refractivity contribution in [2.75, 3.05) is 0 Å². The summed E-state index contributed by atoms with van der Waals surface area (Å²) in [6, 6.07) is 26.6. The van der Waals surface area contributed by atoms with Crippen LogP contribution in [0.2, 0.25) is 0 Å². The third-order valence-electron chi connectivity index (χ3n) is 5.92. The van der Waals surface area contributed by atoms with E-state index in [9.17, 15) is 21.0 Å². The Morgan fingerprint density at radius 2 is 0.789 bits per heavy atom. The fraction of sp³-hybridized carbons (Fsp3) is 0. The van der Waals surface area contributed by atoms with Gasteiger partial charge in [0.1, 0.15) is 46.3 Å². The van der Waals surface area contributed by atoms with Gasteiger partial charge in [-0.2, -0.15) is 21.0 Å². The fourth-order valence-electron chi connectivity index (χ4n) is 4.35. The molecule has 0 amide bonds. The van der Waals surface area contributed by atoms with Gasteiger partial charge in [-0.1, -0.05) is 60.7 Å². The standard InChI is InChI=1S/C28H10N10/c29-11-17-21-25(35-19(13-31)33-17)26-22(18(12-30)34-20(14-32)36-26)28-27(21)37-23(15-7-3-1-4-8-15)24(38-28)16-9-5-2-6-10-16/h1-10H. The molecule has 0 N–H and O–H groups in total.